The fourth-order valence-electron chi connectivity index (χ4n) is 1.92. The van der Waals surface area contributed by atoms with Gasteiger partial charge in [0.15, 0.2) is 4.77 Å². The number of carbonyl (C=O) groups excluding carboxylic acids is 1. The van der Waals surface area contributed by atoms with E-state index in [9.17, 15) is 4.79 Å². The minimum atomic E-state index is -0.365. The molecule has 0 aliphatic heterocycles. The Kier molecular flexibility index (Phi) is 4.51. The van der Waals surface area contributed by atoms with Crippen LogP contribution >= 0.6 is 12.2 Å². The van der Waals surface area contributed by atoms with Crippen LogP contribution in [-0.4, -0.2) is 22.6 Å². The van der Waals surface area contributed by atoms with Crippen molar-refractivity contribution in [3.63, 3.8) is 0 Å². The van der Waals surface area contributed by atoms with Gasteiger partial charge in [0.1, 0.15) is 6.04 Å². The fourth-order valence-corrected chi connectivity index (χ4v) is 2.20. The highest BCUT2D eigenvalue weighted by Gasteiger charge is 2.28. The molecular weight excluding hydrogens is 236 g/mol. The van der Waals surface area contributed by atoms with Crippen molar-refractivity contribution in [1.29, 1.82) is 0 Å². The maximum Gasteiger partial charge on any atom is 0.329 e. The predicted octanol–water partition coefficient (Wildman–Crippen LogP) is 3.04. The molecule has 1 atom stereocenters. The van der Waals surface area contributed by atoms with Crippen LogP contribution in [0.25, 0.3) is 0 Å². The van der Waals surface area contributed by atoms with Crippen molar-refractivity contribution < 1.29 is 9.53 Å². The molecule has 1 unspecified atom stereocenters. The summed E-state index contributed by atoms with van der Waals surface area (Å²) >= 11 is 5.25. The Bertz CT molecular complexity index is 446. The molecule has 1 aromatic rings. The van der Waals surface area contributed by atoms with Crippen molar-refractivity contribution in [3.8, 4) is 0 Å². The Labute approximate surface area is 107 Å². The van der Waals surface area contributed by atoms with Gasteiger partial charge in [0.05, 0.1) is 7.11 Å². The standard InChI is InChI=1S/C12H20N2O2S/c1-7(2)9-6-13-12(17)14(9)10(8(3)4)11(15)16-5/h6-8,10H,1-5H3,(H,13,17). The Morgan fingerprint density at radius 1 is 1.41 bits per heavy atom. The smallest absolute Gasteiger partial charge is 0.329 e. The van der Waals surface area contributed by atoms with Crippen LogP contribution in [0.2, 0.25) is 0 Å². The molecule has 0 saturated heterocycles. The molecule has 1 heterocycles. The molecule has 17 heavy (non-hydrogen) atoms. The van der Waals surface area contributed by atoms with E-state index in [4.69, 9.17) is 17.0 Å². The van der Waals surface area contributed by atoms with Gasteiger partial charge in [-0.25, -0.2) is 4.79 Å². The van der Waals surface area contributed by atoms with Crippen molar-refractivity contribution in [3.05, 3.63) is 16.7 Å². The lowest BCUT2D eigenvalue weighted by atomic mass is 10.0. The van der Waals surface area contributed by atoms with Gasteiger partial charge in [-0.1, -0.05) is 27.7 Å². The number of nitrogens with zero attached hydrogens (tertiary/aromatic N) is 1. The number of ether oxygens (including phenoxy) is 1. The largest absolute Gasteiger partial charge is 0.467 e. The van der Waals surface area contributed by atoms with Crippen LogP contribution in [0.5, 0.6) is 0 Å². The molecule has 0 amide bonds. The molecule has 0 saturated carbocycles. The van der Waals surface area contributed by atoms with Gasteiger partial charge < -0.3 is 14.3 Å². The quantitative estimate of drug-likeness (QED) is 0.665. The monoisotopic (exact) mass is 256 g/mol. The number of aromatic amines is 1. The lowest BCUT2D eigenvalue weighted by Gasteiger charge is -2.23. The highest BCUT2D eigenvalue weighted by molar-refractivity contribution is 7.71. The van der Waals surface area contributed by atoms with E-state index in [-0.39, 0.29) is 17.9 Å². The first-order valence-corrected chi connectivity index (χ1v) is 6.18. The molecule has 0 radical (unpaired) electrons. The van der Waals surface area contributed by atoms with E-state index in [0.29, 0.717) is 10.7 Å². The Hall–Kier alpha value is -1.10. The summed E-state index contributed by atoms with van der Waals surface area (Å²) in [5.41, 5.74) is 1.03. The van der Waals surface area contributed by atoms with E-state index >= 15 is 0 Å². The second kappa shape index (κ2) is 5.49. The van der Waals surface area contributed by atoms with Crippen molar-refractivity contribution in [2.24, 2.45) is 5.92 Å². The minimum Gasteiger partial charge on any atom is -0.467 e. The number of rotatable bonds is 4. The fraction of sp³-hybridized carbons (Fsp3) is 0.667. The van der Waals surface area contributed by atoms with Crippen molar-refractivity contribution in [2.45, 2.75) is 39.7 Å². The van der Waals surface area contributed by atoms with Gasteiger partial charge in [-0.05, 0) is 24.1 Å². The predicted molar refractivity (Wildman–Crippen MR) is 69.6 cm³/mol. The van der Waals surface area contributed by atoms with Crippen LogP contribution in [-0.2, 0) is 9.53 Å². The lowest BCUT2D eigenvalue weighted by molar-refractivity contribution is -0.146. The average molecular weight is 256 g/mol. The van der Waals surface area contributed by atoms with Gasteiger partial charge in [-0.2, -0.15) is 0 Å². The normalized spacial score (nSPS) is 13.1. The molecule has 0 spiro atoms. The first kappa shape index (κ1) is 14.0. The molecule has 1 rings (SSSR count). The average Bonchev–Trinajstić information content (AvgIpc) is 2.60. The number of hydrogen-bond acceptors (Lipinski definition) is 3. The SMILES string of the molecule is COC(=O)C(C(C)C)n1c(C(C)C)c[nH]c1=S. The highest BCUT2D eigenvalue weighted by atomic mass is 32.1. The summed E-state index contributed by atoms with van der Waals surface area (Å²) in [6.45, 7) is 8.12. The number of methoxy groups -OCH3 is 1. The third-order valence-corrected chi connectivity index (χ3v) is 3.10. The maximum absolute atomic E-state index is 11.9. The molecular formula is C12H20N2O2S. The van der Waals surface area contributed by atoms with Crippen LogP contribution in [0.15, 0.2) is 6.20 Å². The summed E-state index contributed by atoms with van der Waals surface area (Å²) in [7, 11) is 1.41. The number of nitrogens with one attached hydrogen (secondary N) is 1. The zero-order chi connectivity index (χ0) is 13.2. The van der Waals surface area contributed by atoms with Gasteiger partial charge in [0, 0.05) is 11.9 Å². The summed E-state index contributed by atoms with van der Waals surface area (Å²) in [5, 5.41) is 0. The van der Waals surface area contributed by atoms with Gasteiger partial charge in [0.2, 0.25) is 0 Å². The number of H-pyrrole nitrogens is 1. The topological polar surface area (TPSA) is 47.0 Å². The number of imidazole rings is 1. The van der Waals surface area contributed by atoms with Crippen molar-refractivity contribution >= 4 is 18.2 Å². The van der Waals surface area contributed by atoms with Crippen LogP contribution in [0.1, 0.15) is 45.3 Å². The van der Waals surface area contributed by atoms with Crippen molar-refractivity contribution in [2.75, 3.05) is 7.11 Å². The van der Waals surface area contributed by atoms with Crippen LogP contribution < -0.4 is 0 Å². The molecule has 0 aliphatic carbocycles. The molecule has 0 bridgehead atoms. The Morgan fingerprint density at radius 3 is 2.41 bits per heavy atom. The summed E-state index contributed by atoms with van der Waals surface area (Å²) in [5.74, 6) is 0.175. The molecule has 96 valence electrons. The van der Waals surface area contributed by atoms with Gasteiger partial charge in [-0.15, -0.1) is 0 Å². The zero-order valence-corrected chi connectivity index (χ0v) is 11.8. The van der Waals surface area contributed by atoms with Crippen LogP contribution in [0.3, 0.4) is 0 Å². The van der Waals surface area contributed by atoms with Gasteiger partial charge in [0.25, 0.3) is 0 Å². The van der Waals surface area contributed by atoms with Gasteiger partial charge >= 0.3 is 5.97 Å². The molecule has 4 nitrogen and oxygen atoms in total. The van der Waals surface area contributed by atoms with Crippen LogP contribution in [0, 0.1) is 10.7 Å². The lowest BCUT2D eigenvalue weighted by Crippen LogP contribution is -2.27. The van der Waals surface area contributed by atoms with E-state index in [2.05, 4.69) is 18.8 Å². The van der Waals surface area contributed by atoms with E-state index in [1.54, 1.807) is 0 Å². The number of hydrogen-bond donors (Lipinski definition) is 1. The number of esters is 1. The summed E-state index contributed by atoms with van der Waals surface area (Å²) < 4.78 is 7.31. The van der Waals surface area contributed by atoms with E-state index < -0.39 is 0 Å². The zero-order valence-electron chi connectivity index (χ0n) is 11.0. The Morgan fingerprint density at radius 2 is 2.00 bits per heavy atom. The first-order chi connectivity index (χ1) is 7.90. The molecule has 1 N–H and O–H groups in total. The second-order valence-corrected chi connectivity index (χ2v) is 5.14. The minimum absolute atomic E-state index is 0.127. The molecule has 0 aromatic carbocycles. The first-order valence-electron chi connectivity index (χ1n) is 5.77. The summed E-state index contributed by atoms with van der Waals surface area (Å²) in [4.78, 5) is 14.9. The number of aromatic nitrogens is 2. The van der Waals surface area contributed by atoms with Crippen molar-refractivity contribution in [1.82, 2.24) is 9.55 Å². The molecule has 0 fully saturated rings. The summed E-state index contributed by atoms with van der Waals surface area (Å²) in [6, 6.07) is -0.365. The summed E-state index contributed by atoms with van der Waals surface area (Å²) in [6.07, 6.45) is 1.87. The molecule has 0 aliphatic rings. The number of carbonyl (C=O) groups is 1. The van der Waals surface area contributed by atoms with Gasteiger partial charge in [-0.3, -0.25) is 0 Å². The highest BCUT2D eigenvalue weighted by Crippen LogP contribution is 2.25. The third kappa shape index (κ3) is 2.77. The second-order valence-electron chi connectivity index (χ2n) is 4.76. The molecule has 5 heteroatoms. The maximum atomic E-state index is 11.9. The molecule has 1 aromatic heterocycles. The van der Waals surface area contributed by atoms with E-state index in [1.807, 2.05) is 24.6 Å². The Balaban J connectivity index is 3.32. The van der Waals surface area contributed by atoms with E-state index in [1.165, 1.54) is 7.11 Å². The third-order valence-electron chi connectivity index (χ3n) is 2.78. The van der Waals surface area contributed by atoms with E-state index in [0.717, 1.165) is 5.69 Å². The van der Waals surface area contributed by atoms with Crippen LogP contribution in [0.4, 0.5) is 0 Å².